The second-order valence-electron chi connectivity index (χ2n) is 6.72. The average Bonchev–Trinajstić information content (AvgIpc) is 3.09. The van der Waals surface area contributed by atoms with Gasteiger partial charge in [-0.05, 0) is 63.8 Å². The minimum atomic E-state index is -3.11. The number of hydrogen-bond acceptors (Lipinski definition) is 4. The van der Waals surface area contributed by atoms with E-state index in [0.717, 1.165) is 31.5 Å². The van der Waals surface area contributed by atoms with Crippen molar-refractivity contribution in [3.05, 3.63) is 24.3 Å². The zero-order chi connectivity index (χ0) is 17.4. The van der Waals surface area contributed by atoms with E-state index in [1.54, 1.807) is 13.8 Å². The Morgan fingerprint density at radius 2 is 1.62 bits per heavy atom. The van der Waals surface area contributed by atoms with Gasteiger partial charge in [0.15, 0.2) is 0 Å². The van der Waals surface area contributed by atoms with Gasteiger partial charge in [0.1, 0.15) is 0 Å². The van der Waals surface area contributed by atoms with E-state index >= 15 is 0 Å². The molecule has 1 aromatic rings. The van der Waals surface area contributed by atoms with E-state index in [4.69, 9.17) is 0 Å². The molecule has 2 rings (SSSR count). The van der Waals surface area contributed by atoms with Crippen molar-refractivity contribution < 1.29 is 8.42 Å². The van der Waals surface area contributed by atoms with Crippen molar-refractivity contribution in [2.24, 2.45) is 0 Å². The number of anilines is 2. The highest BCUT2D eigenvalue weighted by Crippen LogP contribution is 2.22. The summed E-state index contributed by atoms with van der Waals surface area (Å²) in [5.74, 6) is 0. The second-order valence-corrected chi connectivity index (χ2v) is 9.04. The fourth-order valence-corrected chi connectivity index (χ4v) is 3.57. The van der Waals surface area contributed by atoms with Crippen LogP contribution < -0.4 is 14.9 Å². The SMILES string of the molecule is CC(C)S(=O)(=O)NCCCCCNc1ccc(N2CCCC2)cc1. The quantitative estimate of drug-likeness (QED) is 0.634. The van der Waals surface area contributed by atoms with Crippen molar-refractivity contribution in [3.63, 3.8) is 0 Å². The molecular weight excluding hydrogens is 322 g/mol. The first-order chi connectivity index (χ1) is 11.5. The Labute approximate surface area is 146 Å². The maximum absolute atomic E-state index is 11.6. The van der Waals surface area contributed by atoms with Crippen LogP contribution in [0.5, 0.6) is 0 Å². The molecule has 0 aliphatic carbocycles. The van der Waals surface area contributed by atoms with Crippen LogP contribution in [0.3, 0.4) is 0 Å². The Hall–Kier alpha value is -1.27. The molecule has 0 radical (unpaired) electrons. The number of sulfonamides is 1. The van der Waals surface area contributed by atoms with Crippen LogP contribution in [0.4, 0.5) is 11.4 Å². The Bertz CT molecular complexity index is 579. The molecule has 136 valence electrons. The highest BCUT2D eigenvalue weighted by molar-refractivity contribution is 7.90. The van der Waals surface area contributed by atoms with Gasteiger partial charge in [-0.1, -0.05) is 6.42 Å². The Kier molecular flexibility index (Phi) is 7.37. The van der Waals surface area contributed by atoms with Crippen LogP contribution in [0, 0.1) is 0 Å². The van der Waals surface area contributed by atoms with Crippen LogP contribution in [-0.4, -0.2) is 39.8 Å². The highest BCUT2D eigenvalue weighted by atomic mass is 32.2. The van der Waals surface area contributed by atoms with E-state index in [2.05, 4.69) is 39.2 Å². The highest BCUT2D eigenvalue weighted by Gasteiger charge is 2.14. The maximum Gasteiger partial charge on any atom is 0.213 e. The smallest absolute Gasteiger partial charge is 0.213 e. The summed E-state index contributed by atoms with van der Waals surface area (Å²) in [7, 11) is -3.11. The monoisotopic (exact) mass is 353 g/mol. The molecule has 5 nitrogen and oxygen atoms in total. The molecule has 1 saturated heterocycles. The first-order valence-corrected chi connectivity index (χ1v) is 10.6. The van der Waals surface area contributed by atoms with Crippen molar-refractivity contribution in [2.75, 3.05) is 36.4 Å². The number of unbranched alkanes of at least 4 members (excludes halogenated alkanes) is 2. The largest absolute Gasteiger partial charge is 0.385 e. The molecule has 2 N–H and O–H groups in total. The summed E-state index contributed by atoms with van der Waals surface area (Å²) in [6, 6.07) is 8.66. The van der Waals surface area contributed by atoms with Crippen molar-refractivity contribution in [3.8, 4) is 0 Å². The number of rotatable bonds is 10. The third kappa shape index (κ3) is 5.98. The van der Waals surface area contributed by atoms with E-state index in [-0.39, 0.29) is 5.25 Å². The lowest BCUT2D eigenvalue weighted by molar-refractivity contribution is 0.566. The van der Waals surface area contributed by atoms with Gasteiger partial charge >= 0.3 is 0 Å². The molecule has 6 heteroatoms. The summed E-state index contributed by atoms with van der Waals surface area (Å²) in [5, 5.41) is 3.07. The molecular formula is C18H31N3O2S. The molecule has 0 spiro atoms. The number of nitrogens with one attached hydrogen (secondary N) is 2. The first kappa shape index (κ1) is 19.1. The molecule has 1 fully saturated rings. The molecule has 0 atom stereocenters. The van der Waals surface area contributed by atoms with Crippen LogP contribution in [0.15, 0.2) is 24.3 Å². The van der Waals surface area contributed by atoms with E-state index in [9.17, 15) is 8.42 Å². The van der Waals surface area contributed by atoms with Gasteiger partial charge < -0.3 is 10.2 Å². The second kappa shape index (κ2) is 9.28. The topological polar surface area (TPSA) is 61.4 Å². The summed E-state index contributed by atoms with van der Waals surface area (Å²) in [6.07, 6.45) is 5.53. The van der Waals surface area contributed by atoms with Gasteiger partial charge in [-0.3, -0.25) is 0 Å². The van der Waals surface area contributed by atoms with E-state index in [0.29, 0.717) is 6.54 Å². The molecule has 24 heavy (non-hydrogen) atoms. The van der Waals surface area contributed by atoms with Gasteiger partial charge in [0, 0.05) is 37.6 Å². The molecule has 1 aromatic carbocycles. The van der Waals surface area contributed by atoms with Crippen LogP contribution in [0.25, 0.3) is 0 Å². The fourth-order valence-electron chi connectivity index (χ4n) is 2.81. The predicted molar refractivity (Wildman–Crippen MR) is 102 cm³/mol. The van der Waals surface area contributed by atoms with Gasteiger partial charge in [0.05, 0.1) is 5.25 Å². The Balaban J connectivity index is 1.57. The van der Waals surface area contributed by atoms with Crippen molar-refractivity contribution in [2.45, 2.75) is 51.2 Å². The summed E-state index contributed by atoms with van der Waals surface area (Å²) >= 11 is 0. The zero-order valence-electron chi connectivity index (χ0n) is 14.9. The Morgan fingerprint density at radius 1 is 1.00 bits per heavy atom. The molecule has 1 heterocycles. The minimum absolute atomic E-state index is 0.359. The van der Waals surface area contributed by atoms with Crippen LogP contribution >= 0.6 is 0 Å². The van der Waals surface area contributed by atoms with E-state index in [1.807, 2.05) is 0 Å². The minimum Gasteiger partial charge on any atom is -0.385 e. The predicted octanol–water partition coefficient (Wildman–Crippen LogP) is 3.20. The number of nitrogens with zero attached hydrogens (tertiary/aromatic N) is 1. The molecule has 0 unspecified atom stereocenters. The van der Waals surface area contributed by atoms with Gasteiger partial charge in [-0.15, -0.1) is 0 Å². The van der Waals surface area contributed by atoms with E-state index < -0.39 is 10.0 Å². The van der Waals surface area contributed by atoms with Crippen LogP contribution in [0.2, 0.25) is 0 Å². The van der Waals surface area contributed by atoms with Gasteiger partial charge in [0.25, 0.3) is 0 Å². The zero-order valence-corrected chi connectivity index (χ0v) is 15.7. The fraction of sp³-hybridized carbons (Fsp3) is 0.667. The van der Waals surface area contributed by atoms with Gasteiger partial charge in [0.2, 0.25) is 10.0 Å². The van der Waals surface area contributed by atoms with E-state index in [1.165, 1.54) is 31.6 Å². The van der Waals surface area contributed by atoms with Crippen LogP contribution in [-0.2, 0) is 10.0 Å². The lowest BCUT2D eigenvalue weighted by Gasteiger charge is -2.18. The van der Waals surface area contributed by atoms with Crippen LogP contribution in [0.1, 0.15) is 46.0 Å². The lowest BCUT2D eigenvalue weighted by Crippen LogP contribution is -2.31. The molecule has 0 saturated carbocycles. The van der Waals surface area contributed by atoms with Crippen molar-refractivity contribution in [1.29, 1.82) is 0 Å². The molecule has 1 aliphatic rings. The molecule has 0 aromatic heterocycles. The lowest BCUT2D eigenvalue weighted by atomic mass is 10.2. The third-order valence-corrected chi connectivity index (χ3v) is 6.29. The van der Waals surface area contributed by atoms with Gasteiger partial charge in [-0.25, -0.2) is 13.1 Å². The molecule has 0 bridgehead atoms. The normalized spacial score (nSPS) is 15.2. The summed E-state index contributed by atoms with van der Waals surface area (Å²) in [6.45, 7) is 7.19. The molecule has 1 aliphatic heterocycles. The maximum atomic E-state index is 11.6. The summed E-state index contributed by atoms with van der Waals surface area (Å²) in [4.78, 5) is 2.43. The summed E-state index contributed by atoms with van der Waals surface area (Å²) in [5.41, 5.74) is 2.47. The average molecular weight is 354 g/mol. The first-order valence-electron chi connectivity index (χ1n) is 9.06. The third-order valence-electron chi connectivity index (χ3n) is 4.45. The van der Waals surface area contributed by atoms with Crippen molar-refractivity contribution in [1.82, 2.24) is 4.72 Å². The summed E-state index contributed by atoms with van der Waals surface area (Å²) < 4.78 is 25.8. The van der Waals surface area contributed by atoms with Gasteiger partial charge in [-0.2, -0.15) is 0 Å². The van der Waals surface area contributed by atoms with Crippen molar-refractivity contribution >= 4 is 21.4 Å². The molecule has 0 amide bonds. The standard InChI is InChI=1S/C18H31N3O2S/c1-16(2)24(22,23)20-13-5-3-4-12-19-17-8-10-18(11-9-17)21-14-6-7-15-21/h8-11,16,19-20H,3-7,12-15H2,1-2H3. The number of hydrogen-bond donors (Lipinski definition) is 2. The Morgan fingerprint density at radius 3 is 2.25 bits per heavy atom. The number of benzene rings is 1.